The van der Waals surface area contributed by atoms with Crippen LogP contribution in [0.1, 0.15) is 41.6 Å². The maximum atomic E-state index is 13.7. The predicted molar refractivity (Wildman–Crippen MR) is 122 cm³/mol. The summed E-state index contributed by atoms with van der Waals surface area (Å²) in [6, 6.07) is 6.82. The molecular formula is C25H25NO7. The van der Waals surface area contributed by atoms with Crippen molar-refractivity contribution in [2.45, 2.75) is 32.2 Å². The zero-order valence-electron chi connectivity index (χ0n) is 18.6. The molecule has 0 saturated carbocycles. The highest BCUT2D eigenvalue weighted by molar-refractivity contribution is 6.27. The second-order valence-electron chi connectivity index (χ2n) is 8.15. The summed E-state index contributed by atoms with van der Waals surface area (Å²) >= 11 is 0. The second kappa shape index (κ2) is 8.44. The van der Waals surface area contributed by atoms with Gasteiger partial charge >= 0.3 is 0 Å². The molecule has 1 aliphatic heterocycles. The molecule has 3 aromatic rings. The average Bonchev–Trinajstić information content (AvgIpc) is 3.40. The van der Waals surface area contributed by atoms with Gasteiger partial charge in [0.1, 0.15) is 0 Å². The summed E-state index contributed by atoms with van der Waals surface area (Å²) in [5.74, 6) is 1.80. The number of rotatable bonds is 8. The van der Waals surface area contributed by atoms with Crippen LogP contribution in [0.3, 0.4) is 0 Å². The van der Waals surface area contributed by atoms with Crippen molar-refractivity contribution in [2.75, 3.05) is 27.6 Å². The number of aliphatic hydroxyl groups excluding tert-OH is 1. The molecule has 0 amide bonds. The zero-order chi connectivity index (χ0) is 23.1. The number of ketones is 1. The van der Waals surface area contributed by atoms with E-state index in [1.807, 2.05) is 0 Å². The Morgan fingerprint density at radius 1 is 0.879 bits per heavy atom. The van der Waals surface area contributed by atoms with Gasteiger partial charge in [0.25, 0.3) is 5.56 Å². The Hall–Kier alpha value is -3.52. The first-order valence-corrected chi connectivity index (χ1v) is 11.0. The minimum absolute atomic E-state index is 0.103. The molecule has 1 N–H and O–H groups in total. The lowest BCUT2D eigenvalue weighted by molar-refractivity contribution is 0.104. The third-order valence-electron chi connectivity index (χ3n) is 6.30. The molecular weight excluding hydrogens is 426 g/mol. The lowest BCUT2D eigenvalue weighted by atomic mass is 10.0. The van der Waals surface area contributed by atoms with E-state index in [0.717, 1.165) is 25.7 Å². The van der Waals surface area contributed by atoms with Gasteiger partial charge in [0, 0.05) is 29.7 Å². The van der Waals surface area contributed by atoms with Crippen LogP contribution >= 0.6 is 0 Å². The van der Waals surface area contributed by atoms with E-state index in [1.165, 1.54) is 14.2 Å². The highest BCUT2D eigenvalue weighted by atomic mass is 16.7. The summed E-state index contributed by atoms with van der Waals surface area (Å²) in [5, 5.41) is 9.98. The Morgan fingerprint density at radius 2 is 1.52 bits per heavy atom. The first-order chi connectivity index (χ1) is 16.1. The number of unbranched alkanes of at least 4 members (excludes halogenated alkanes) is 3. The molecule has 1 aliphatic carbocycles. The van der Waals surface area contributed by atoms with E-state index in [1.54, 1.807) is 28.8 Å². The zero-order valence-corrected chi connectivity index (χ0v) is 18.6. The number of hydrogen-bond acceptors (Lipinski definition) is 7. The molecule has 172 valence electrons. The Bertz CT molecular complexity index is 1330. The van der Waals surface area contributed by atoms with Crippen LogP contribution in [0, 0.1) is 0 Å². The number of benzene rings is 2. The van der Waals surface area contributed by atoms with Crippen LogP contribution in [0.4, 0.5) is 0 Å². The molecule has 5 rings (SSSR count). The minimum Gasteiger partial charge on any atom is -0.493 e. The highest BCUT2D eigenvalue weighted by Crippen LogP contribution is 2.46. The number of carbonyl (C=O) groups is 1. The van der Waals surface area contributed by atoms with Crippen molar-refractivity contribution < 1.29 is 28.8 Å². The molecule has 33 heavy (non-hydrogen) atoms. The summed E-state index contributed by atoms with van der Waals surface area (Å²) in [4.78, 5) is 27.3. The quantitative estimate of drug-likeness (QED) is 0.410. The highest BCUT2D eigenvalue weighted by Gasteiger charge is 2.35. The number of hydrogen-bond donors (Lipinski definition) is 1. The molecule has 0 bridgehead atoms. The number of fused-ring (bicyclic) bond motifs is 6. The maximum Gasteiger partial charge on any atom is 0.259 e. The third-order valence-corrected chi connectivity index (χ3v) is 6.30. The van der Waals surface area contributed by atoms with E-state index in [9.17, 15) is 9.59 Å². The van der Waals surface area contributed by atoms with Gasteiger partial charge in [-0.1, -0.05) is 12.8 Å². The van der Waals surface area contributed by atoms with E-state index in [2.05, 4.69) is 0 Å². The fraction of sp³-hybridized carbons (Fsp3) is 0.360. The van der Waals surface area contributed by atoms with Gasteiger partial charge in [0.15, 0.2) is 28.8 Å². The van der Waals surface area contributed by atoms with E-state index in [-0.39, 0.29) is 24.7 Å². The first kappa shape index (κ1) is 21.3. The molecule has 0 radical (unpaired) electrons. The number of nitrogens with zero attached hydrogens (tertiary/aromatic N) is 1. The van der Waals surface area contributed by atoms with Gasteiger partial charge in [-0.05, 0) is 37.1 Å². The molecule has 0 unspecified atom stereocenters. The smallest absolute Gasteiger partial charge is 0.259 e. The van der Waals surface area contributed by atoms with Crippen molar-refractivity contribution >= 4 is 16.6 Å². The van der Waals surface area contributed by atoms with Crippen molar-refractivity contribution in [3.8, 4) is 34.3 Å². The van der Waals surface area contributed by atoms with Crippen LogP contribution in [0.5, 0.6) is 23.0 Å². The average molecular weight is 451 g/mol. The second-order valence-corrected chi connectivity index (χ2v) is 8.15. The van der Waals surface area contributed by atoms with Crippen molar-refractivity contribution in [1.82, 2.24) is 4.57 Å². The molecule has 8 nitrogen and oxygen atoms in total. The van der Waals surface area contributed by atoms with Crippen LogP contribution in [0.25, 0.3) is 22.0 Å². The fourth-order valence-corrected chi connectivity index (χ4v) is 4.69. The van der Waals surface area contributed by atoms with Crippen LogP contribution in [0.2, 0.25) is 0 Å². The van der Waals surface area contributed by atoms with Crippen LogP contribution in [-0.2, 0) is 6.54 Å². The Labute approximate surface area is 190 Å². The molecule has 0 saturated heterocycles. The summed E-state index contributed by atoms with van der Waals surface area (Å²) in [7, 11) is 3.03. The lowest BCUT2D eigenvalue weighted by Gasteiger charge is -2.17. The Balaban J connectivity index is 1.75. The fourth-order valence-electron chi connectivity index (χ4n) is 4.69. The van der Waals surface area contributed by atoms with Gasteiger partial charge in [-0.2, -0.15) is 0 Å². The van der Waals surface area contributed by atoms with Gasteiger partial charge in [-0.3, -0.25) is 9.59 Å². The Kier molecular flexibility index (Phi) is 5.46. The number of aromatic nitrogens is 1. The molecule has 0 fully saturated rings. The van der Waals surface area contributed by atoms with Gasteiger partial charge in [0.05, 0.1) is 30.9 Å². The first-order valence-electron chi connectivity index (χ1n) is 11.0. The summed E-state index contributed by atoms with van der Waals surface area (Å²) in [5.41, 5.74) is 2.04. The molecule has 0 atom stereocenters. The third kappa shape index (κ3) is 3.33. The van der Waals surface area contributed by atoms with E-state index in [4.69, 9.17) is 24.1 Å². The van der Waals surface area contributed by atoms with Crippen LogP contribution in [0.15, 0.2) is 29.1 Å². The van der Waals surface area contributed by atoms with Crippen molar-refractivity contribution in [2.24, 2.45) is 0 Å². The molecule has 2 heterocycles. The summed E-state index contributed by atoms with van der Waals surface area (Å²) in [6.45, 7) is 0.714. The summed E-state index contributed by atoms with van der Waals surface area (Å²) < 4.78 is 23.6. The monoisotopic (exact) mass is 451 g/mol. The minimum atomic E-state index is -0.190. The molecule has 1 aromatic heterocycles. The van der Waals surface area contributed by atoms with Gasteiger partial charge in [0.2, 0.25) is 6.79 Å². The lowest BCUT2D eigenvalue weighted by Crippen LogP contribution is -2.23. The van der Waals surface area contributed by atoms with Crippen LogP contribution < -0.4 is 24.5 Å². The van der Waals surface area contributed by atoms with Gasteiger partial charge in [-0.15, -0.1) is 0 Å². The van der Waals surface area contributed by atoms with E-state index < -0.39 is 0 Å². The Morgan fingerprint density at radius 3 is 2.18 bits per heavy atom. The number of methoxy groups -OCH3 is 2. The molecule has 2 aliphatic rings. The maximum absolute atomic E-state index is 13.7. The van der Waals surface area contributed by atoms with Gasteiger partial charge in [-0.25, -0.2) is 0 Å². The van der Waals surface area contributed by atoms with Gasteiger partial charge < -0.3 is 28.6 Å². The molecule has 8 heteroatoms. The molecule has 0 spiro atoms. The van der Waals surface area contributed by atoms with Crippen LogP contribution in [-0.4, -0.2) is 43.1 Å². The number of carbonyl (C=O) groups excluding carboxylic acids is 1. The van der Waals surface area contributed by atoms with E-state index >= 15 is 0 Å². The summed E-state index contributed by atoms with van der Waals surface area (Å²) in [6.07, 6.45) is 3.22. The largest absolute Gasteiger partial charge is 0.493 e. The van der Waals surface area contributed by atoms with Crippen molar-refractivity contribution in [3.63, 3.8) is 0 Å². The normalized spacial score (nSPS) is 13.4. The predicted octanol–water partition coefficient (Wildman–Crippen LogP) is 3.51. The number of ether oxygens (including phenoxy) is 4. The van der Waals surface area contributed by atoms with E-state index in [0.29, 0.717) is 62.7 Å². The topological polar surface area (TPSA) is 96.2 Å². The standard InChI is InChI=1S/C25H25NO7/c1-30-18-9-14-17(12-19(18)31-2)25(29)26(7-5-3-4-6-8-27)23-15-10-20-21(33-13-32-20)11-16(15)24(28)22(14)23/h9-12,27H,3-8,13H2,1-2H3. The van der Waals surface area contributed by atoms with Crippen molar-refractivity contribution in [1.29, 1.82) is 0 Å². The SMILES string of the molecule is COc1cc2c3c(n(CCCCCCO)c(=O)c2cc1OC)-c1cc2c(cc1C3=O)OCO2. The number of aliphatic hydroxyl groups is 1. The van der Waals surface area contributed by atoms with Crippen molar-refractivity contribution in [3.05, 3.63) is 45.7 Å². The number of pyridine rings is 1. The molecule has 2 aromatic carbocycles.